The van der Waals surface area contributed by atoms with Gasteiger partial charge in [-0.25, -0.2) is 0 Å². The summed E-state index contributed by atoms with van der Waals surface area (Å²) in [6.45, 7) is 5.29. The van der Waals surface area contributed by atoms with Crippen LogP contribution in [0.15, 0.2) is 0 Å². The molecule has 5 nitrogen and oxygen atoms in total. The molecule has 122 valence electrons. The first-order valence-electron chi connectivity index (χ1n) is 8.49. The van der Waals surface area contributed by atoms with Gasteiger partial charge in [0.25, 0.3) is 0 Å². The highest BCUT2D eigenvalue weighted by molar-refractivity contribution is 5.78. The van der Waals surface area contributed by atoms with Crippen molar-refractivity contribution in [3.8, 4) is 0 Å². The minimum Gasteiger partial charge on any atom is -0.381 e. The van der Waals surface area contributed by atoms with Crippen molar-refractivity contribution < 1.29 is 9.53 Å². The van der Waals surface area contributed by atoms with E-state index in [1.807, 2.05) is 0 Å². The van der Waals surface area contributed by atoms with Gasteiger partial charge in [0.05, 0.1) is 6.54 Å². The van der Waals surface area contributed by atoms with E-state index in [2.05, 4.69) is 29.5 Å². The van der Waals surface area contributed by atoms with E-state index in [0.29, 0.717) is 24.7 Å². The summed E-state index contributed by atoms with van der Waals surface area (Å²) in [5.74, 6) is 0.165. The lowest BCUT2D eigenvalue weighted by molar-refractivity contribution is -0.123. The number of nitrogens with one attached hydrogen (secondary N) is 2. The van der Waals surface area contributed by atoms with E-state index in [4.69, 9.17) is 4.74 Å². The van der Waals surface area contributed by atoms with E-state index >= 15 is 0 Å². The van der Waals surface area contributed by atoms with Gasteiger partial charge >= 0.3 is 0 Å². The van der Waals surface area contributed by atoms with E-state index in [1.165, 1.54) is 25.7 Å². The highest BCUT2D eigenvalue weighted by Crippen LogP contribution is 2.22. The Hall–Kier alpha value is -0.650. The number of carbonyl (C=O) groups excluding carboxylic acids is 1. The summed E-state index contributed by atoms with van der Waals surface area (Å²) < 4.78 is 5.32. The summed E-state index contributed by atoms with van der Waals surface area (Å²) >= 11 is 0. The molecule has 0 aromatic heterocycles. The molecule has 1 saturated carbocycles. The predicted octanol–water partition coefficient (Wildman–Crippen LogP) is 1.13. The third kappa shape index (κ3) is 5.57. The number of nitrogens with zero attached hydrogens (tertiary/aromatic N) is 1. The van der Waals surface area contributed by atoms with E-state index < -0.39 is 0 Å². The molecule has 0 spiro atoms. The van der Waals surface area contributed by atoms with E-state index in [-0.39, 0.29) is 5.91 Å². The highest BCUT2D eigenvalue weighted by atomic mass is 16.5. The molecule has 2 aliphatic rings. The number of hydrogen-bond donors (Lipinski definition) is 2. The second kappa shape index (κ2) is 8.71. The Morgan fingerprint density at radius 2 is 1.76 bits per heavy atom. The fourth-order valence-corrected chi connectivity index (χ4v) is 3.48. The lowest BCUT2D eigenvalue weighted by Gasteiger charge is -2.35. The van der Waals surface area contributed by atoms with E-state index in [9.17, 15) is 4.79 Å². The Balaban J connectivity index is 1.66. The Morgan fingerprint density at radius 3 is 2.38 bits per heavy atom. The molecule has 0 atom stereocenters. The SMILES string of the molecule is CCNC1CCC(N(C)CC(=O)NC2CCOCC2)CC1. The van der Waals surface area contributed by atoms with Crippen LogP contribution in [0.5, 0.6) is 0 Å². The summed E-state index contributed by atoms with van der Waals surface area (Å²) in [5.41, 5.74) is 0. The van der Waals surface area contributed by atoms with Gasteiger partial charge in [0.1, 0.15) is 0 Å². The number of ether oxygens (including phenoxy) is 1. The third-order valence-corrected chi connectivity index (χ3v) is 4.79. The largest absolute Gasteiger partial charge is 0.381 e. The molecule has 0 radical (unpaired) electrons. The van der Waals surface area contributed by atoms with Gasteiger partial charge in [-0.05, 0) is 52.1 Å². The average Bonchev–Trinajstić information content (AvgIpc) is 2.49. The maximum atomic E-state index is 12.1. The molecule has 1 aliphatic carbocycles. The summed E-state index contributed by atoms with van der Waals surface area (Å²) in [6.07, 6.45) is 6.73. The van der Waals surface area contributed by atoms with Crippen LogP contribution in [0.1, 0.15) is 45.4 Å². The zero-order valence-corrected chi connectivity index (χ0v) is 13.6. The van der Waals surface area contributed by atoms with Crippen LogP contribution >= 0.6 is 0 Å². The molecular formula is C16H31N3O2. The van der Waals surface area contributed by atoms with Gasteiger partial charge < -0.3 is 15.4 Å². The summed E-state index contributed by atoms with van der Waals surface area (Å²) in [4.78, 5) is 14.4. The zero-order valence-electron chi connectivity index (χ0n) is 13.6. The minimum absolute atomic E-state index is 0.165. The molecule has 0 unspecified atom stereocenters. The van der Waals surface area contributed by atoms with E-state index in [1.54, 1.807) is 0 Å². The quantitative estimate of drug-likeness (QED) is 0.772. The van der Waals surface area contributed by atoms with Crippen LogP contribution in [0, 0.1) is 0 Å². The summed E-state index contributed by atoms with van der Waals surface area (Å²) in [7, 11) is 2.09. The first kappa shape index (κ1) is 16.7. The van der Waals surface area contributed by atoms with Crippen molar-refractivity contribution in [2.75, 3.05) is 33.4 Å². The van der Waals surface area contributed by atoms with Crippen LogP contribution in [-0.4, -0.2) is 62.3 Å². The molecule has 2 rings (SSSR count). The van der Waals surface area contributed by atoms with Crippen molar-refractivity contribution in [2.45, 2.75) is 63.6 Å². The first-order chi connectivity index (χ1) is 10.2. The van der Waals surface area contributed by atoms with Crippen molar-refractivity contribution in [2.24, 2.45) is 0 Å². The molecule has 1 heterocycles. The highest BCUT2D eigenvalue weighted by Gasteiger charge is 2.25. The Labute approximate surface area is 128 Å². The van der Waals surface area contributed by atoms with Crippen molar-refractivity contribution in [3.05, 3.63) is 0 Å². The first-order valence-corrected chi connectivity index (χ1v) is 8.49. The lowest BCUT2D eigenvalue weighted by Crippen LogP contribution is -2.47. The van der Waals surface area contributed by atoms with Crippen LogP contribution in [0.2, 0.25) is 0 Å². The predicted molar refractivity (Wildman–Crippen MR) is 84.3 cm³/mol. The van der Waals surface area contributed by atoms with Crippen LogP contribution < -0.4 is 10.6 Å². The fourth-order valence-electron chi connectivity index (χ4n) is 3.48. The topological polar surface area (TPSA) is 53.6 Å². The van der Waals surface area contributed by atoms with Gasteiger partial charge in [0.2, 0.25) is 5.91 Å². The standard InChI is InChI=1S/C16H31N3O2/c1-3-17-13-4-6-15(7-5-13)19(2)12-16(20)18-14-8-10-21-11-9-14/h13-15,17H,3-12H2,1-2H3,(H,18,20). The van der Waals surface area contributed by atoms with Crippen LogP contribution in [-0.2, 0) is 9.53 Å². The van der Waals surface area contributed by atoms with Gasteiger partial charge in [-0.3, -0.25) is 9.69 Å². The molecule has 0 bridgehead atoms. The van der Waals surface area contributed by atoms with Gasteiger partial charge in [0.15, 0.2) is 0 Å². The number of amides is 1. The number of hydrogen-bond acceptors (Lipinski definition) is 4. The molecule has 1 aliphatic heterocycles. The van der Waals surface area contributed by atoms with Crippen molar-refractivity contribution >= 4 is 5.91 Å². The normalized spacial score (nSPS) is 27.8. The molecule has 0 aromatic rings. The monoisotopic (exact) mass is 297 g/mol. The molecule has 0 aromatic carbocycles. The van der Waals surface area contributed by atoms with Gasteiger partial charge in [0, 0.05) is 31.3 Å². The Kier molecular flexibility index (Phi) is 6.93. The van der Waals surface area contributed by atoms with Gasteiger partial charge in [-0.15, -0.1) is 0 Å². The molecule has 5 heteroatoms. The molecule has 2 N–H and O–H groups in total. The molecule has 21 heavy (non-hydrogen) atoms. The Morgan fingerprint density at radius 1 is 1.10 bits per heavy atom. The average molecular weight is 297 g/mol. The number of rotatable bonds is 6. The maximum absolute atomic E-state index is 12.1. The van der Waals surface area contributed by atoms with Crippen molar-refractivity contribution in [3.63, 3.8) is 0 Å². The summed E-state index contributed by atoms with van der Waals surface area (Å²) in [6, 6.07) is 1.54. The molecular weight excluding hydrogens is 266 g/mol. The number of carbonyl (C=O) groups is 1. The second-order valence-electron chi connectivity index (χ2n) is 6.43. The van der Waals surface area contributed by atoms with Gasteiger partial charge in [-0.2, -0.15) is 0 Å². The smallest absolute Gasteiger partial charge is 0.234 e. The Bertz CT molecular complexity index is 311. The molecule has 1 saturated heterocycles. The molecule has 2 fully saturated rings. The van der Waals surface area contributed by atoms with Crippen molar-refractivity contribution in [1.29, 1.82) is 0 Å². The third-order valence-electron chi connectivity index (χ3n) is 4.79. The maximum Gasteiger partial charge on any atom is 0.234 e. The zero-order chi connectivity index (χ0) is 15.1. The van der Waals surface area contributed by atoms with Crippen LogP contribution in [0.4, 0.5) is 0 Å². The van der Waals surface area contributed by atoms with E-state index in [0.717, 1.165) is 32.6 Å². The molecule has 1 amide bonds. The van der Waals surface area contributed by atoms with Crippen LogP contribution in [0.3, 0.4) is 0 Å². The fraction of sp³-hybridized carbons (Fsp3) is 0.938. The van der Waals surface area contributed by atoms with Gasteiger partial charge in [-0.1, -0.05) is 6.92 Å². The number of likely N-dealkylation sites (N-methyl/N-ethyl adjacent to an activating group) is 1. The van der Waals surface area contributed by atoms with Crippen LogP contribution in [0.25, 0.3) is 0 Å². The van der Waals surface area contributed by atoms with Crippen molar-refractivity contribution in [1.82, 2.24) is 15.5 Å². The summed E-state index contributed by atoms with van der Waals surface area (Å²) in [5, 5.41) is 6.67. The minimum atomic E-state index is 0.165. The lowest BCUT2D eigenvalue weighted by atomic mass is 9.90. The second-order valence-corrected chi connectivity index (χ2v) is 6.43.